The average Bonchev–Trinajstić information content (AvgIpc) is 2.47. The fourth-order valence-corrected chi connectivity index (χ4v) is 2.87. The number of rotatable bonds is 4. The Morgan fingerprint density at radius 2 is 1.79 bits per heavy atom. The Morgan fingerprint density at radius 3 is 2.32 bits per heavy atom. The van der Waals surface area contributed by atoms with Gasteiger partial charge in [0.1, 0.15) is 5.82 Å². The number of hydrogen-bond acceptors (Lipinski definition) is 3. The minimum atomic E-state index is -3.55. The average molecular weight is 276 g/mol. The largest absolute Gasteiger partial charge is 0.265 e. The molecule has 0 atom stereocenters. The smallest absolute Gasteiger partial charge is 0.253 e. The molecular formula is C14H16N2O2S. The van der Waals surface area contributed by atoms with Crippen molar-refractivity contribution in [3.63, 3.8) is 0 Å². The summed E-state index contributed by atoms with van der Waals surface area (Å²) in [4.78, 5) is 4.33. The second-order valence-corrected chi connectivity index (χ2v) is 6.13. The number of aryl methyl sites for hydroxylation is 1. The van der Waals surface area contributed by atoms with E-state index < -0.39 is 10.0 Å². The Morgan fingerprint density at radius 1 is 1.11 bits per heavy atom. The summed E-state index contributed by atoms with van der Waals surface area (Å²) in [6.45, 7) is 2.03. The van der Waals surface area contributed by atoms with Crippen LogP contribution >= 0.6 is 0 Å². The first-order valence-electron chi connectivity index (χ1n) is 6.04. The highest BCUT2D eigenvalue weighted by Crippen LogP contribution is 2.20. The van der Waals surface area contributed by atoms with Crippen LogP contribution in [0.4, 0.5) is 5.82 Å². The standard InChI is InChI=1S/C14H16N2O2S/c1-3-12-7-9-13(10-8-12)19(17,18)16(2)14-6-4-5-11-15-14/h4-11H,3H2,1-2H3. The number of pyridine rings is 1. The summed E-state index contributed by atoms with van der Waals surface area (Å²) in [5.74, 6) is 0.405. The van der Waals surface area contributed by atoms with Gasteiger partial charge in [-0.15, -0.1) is 0 Å². The normalized spacial score (nSPS) is 11.3. The molecule has 19 heavy (non-hydrogen) atoms. The third-order valence-corrected chi connectivity index (χ3v) is 4.74. The predicted molar refractivity (Wildman–Crippen MR) is 75.6 cm³/mol. The second kappa shape index (κ2) is 5.40. The molecule has 100 valence electrons. The summed E-state index contributed by atoms with van der Waals surface area (Å²) < 4.78 is 26.0. The lowest BCUT2D eigenvalue weighted by Gasteiger charge is -2.18. The van der Waals surface area contributed by atoms with Gasteiger partial charge in [0.05, 0.1) is 4.90 Å². The molecule has 2 aromatic rings. The molecule has 1 aromatic carbocycles. The van der Waals surface area contributed by atoms with E-state index in [4.69, 9.17) is 0 Å². The number of hydrogen-bond donors (Lipinski definition) is 0. The van der Waals surface area contributed by atoms with E-state index in [1.54, 1.807) is 36.5 Å². The lowest BCUT2D eigenvalue weighted by molar-refractivity contribution is 0.594. The van der Waals surface area contributed by atoms with Crippen molar-refractivity contribution in [3.8, 4) is 0 Å². The van der Waals surface area contributed by atoms with Gasteiger partial charge in [0.15, 0.2) is 0 Å². The van der Waals surface area contributed by atoms with Gasteiger partial charge >= 0.3 is 0 Å². The van der Waals surface area contributed by atoms with Crippen LogP contribution < -0.4 is 4.31 Å². The number of aromatic nitrogens is 1. The van der Waals surface area contributed by atoms with Crippen LogP contribution in [0.25, 0.3) is 0 Å². The van der Waals surface area contributed by atoms with Crippen LogP contribution in [-0.4, -0.2) is 20.4 Å². The van der Waals surface area contributed by atoms with Crippen molar-refractivity contribution in [1.29, 1.82) is 0 Å². The van der Waals surface area contributed by atoms with Crippen molar-refractivity contribution in [2.45, 2.75) is 18.2 Å². The first-order chi connectivity index (χ1) is 9.05. The quantitative estimate of drug-likeness (QED) is 0.862. The van der Waals surface area contributed by atoms with Crippen LogP contribution in [-0.2, 0) is 16.4 Å². The van der Waals surface area contributed by atoms with Crippen molar-refractivity contribution in [1.82, 2.24) is 4.98 Å². The highest BCUT2D eigenvalue weighted by atomic mass is 32.2. The minimum absolute atomic E-state index is 0.276. The molecule has 0 spiro atoms. The maximum absolute atomic E-state index is 12.4. The van der Waals surface area contributed by atoms with Gasteiger partial charge in [-0.25, -0.2) is 13.4 Å². The topological polar surface area (TPSA) is 50.3 Å². The Bertz CT molecular complexity index is 637. The summed E-state index contributed by atoms with van der Waals surface area (Å²) >= 11 is 0. The molecular weight excluding hydrogens is 260 g/mol. The van der Waals surface area contributed by atoms with E-state index in [9.17, 15) is 8.42 Å². The van der Waals surface area contributed by atoms with Gasteiger partial charge in [0.25, 0.3) is 10.0 Å². The molecule has 4 nitrogen and oxygen atoms in total. The first kappa shape index (κ1) is 13.5. The summed E-state index contributed by atoms with van der Waals surface area (Å²) in [5, 5.41) is 0. The van der Waals surface area contributed by atoms with Crippen LogP contribution in [0.2, 0.25) is 0 Å². The summed E-state index contributed by atoms with van der Waals surface area (Å²) in [7, 11) is -2.04. The van der Waals surface area contributed by atoms with Crippen LogP contribution in [0.15, 0.2) is 53.6 Å². The fraction of sp³-hybridized carbons (Fsp3) is 0.214. The van der Waals surface area contributed by atoms with Crippen molar-refractivity contribution in [2.24, 2.45) is 0 Å². The van der Waals surface area contributed by atoms with E-state index >= 15 is 0 Å². The zero-order valence-corrected chi connectivity index (χ0v) is 11.8. The molecule has 0 bridgehead atoms. The summed E-state index contributed by atoms with van der Waals surface area (Å²) in [6, 6.07) is 12.1. The van der Waals surface area contributed by atoms with Crippen LogP contribution in [0.5, 0.6) is 0 Å². The molecule has 1 aromatic heterocycles. The molecule has 0 unspecified atom stereocenters. The third-order valence-electron chi connectivity index (χ3n) is 2.96. The monoisotopic (exact) mass is 276 g/mol. The van der Waals surface area contributed by atoms with Gasteiger partial charge in [0, 0.05) is 13.2 Å². The first-order valence-corrected chi connectivity index (χ1v) is 7.48. The number of sulfonamides is 1. The molecule has 0 saturated carbocycles. The molecule has 0 aliphatic carbocycles. The van der Waals surface area contributed by atoms with E-state index in [0.29, 0.717) is 5.82 Å². The maximum Gasteiger partial charge on any atom is 0.265 e. The van der Waals surface area contributed by atoms with Gasteiger partial charge < -0.3 is 0 Å². The van der Waals surface area contributed by atoms with Crippen molar-refractivity contribution < 1.29 is 8.42 Å². The van der Waals surface area contributed by atoms with Gasteiger partial charge in [-0.3, -0.25) is 4.31 Å². The van der Waals surface area contributed by atoms with Gasteiger partial charge in [-0.2, -0.15) is 0 Å². The Kier molecular flexibility index (Phi) is 3.85. The molecule has 2 rings (SSSR count). The van der Waals surface area contributed by atoms with E-state index in [1.165, 1.54) is 11.4 Å². The zero-order chi connectivity index (χ0) is 13.9. The van der Waals surface area contributed by atoms with Gasteiger partial charge in [0.2, 0.25) is 0 Å². The van der Waals surface area contributed by atoms with Gasteiger partial charge in [-0.05, 0) is 36.2 Å². The molecule has 0 saturated heterocycles. The second-order valence-electron chi connectivity index (χ2n) is 4.16. The highest BCUT2D eigenvalue weighted by molar-refractivity contribution is 7.92. The van der Waals surface area contributed by atoms with Crippen LogP contribution in [0.1, 0.15) is 12.5 Å². The number of benzene rings is 1. The van der Waals surface area contributed by atoms with Crippen molar-refractivity contribution >= 4 is 15.8 Å². The van der Waals surface area contributed by atoms with E-state index in [0.717, 1.165) is 12.0 Å². The molecule has 0 fully saturated rings. The minimum Gasteiger partial charge on any atom is -0.253 e. The Labute approximate surface area is 113 Å². The highest BCUT2D eigenvalue weighted by Gasteiger charge is 2.21. The Hall–Kier alpha value is -1.88. The summed E-state index contributed by atoms with van der Waals surface area (Å²) in [6.07, 6.45) is 2.46. The zero-order valence-electron chi connectivity index (χ0n) is 10.9. The van der Waals surface area contributed by atoms with Gasteiger partial charge in [-0.1, -0.05) is 25.1 Å². The molecule has 0 amide bonds. The van der Waals surface area contributed by atoms with Crippen molar-refractivity contribution in [2.75, 3.05) is 11.4 Å². The SMILES string of the molecule is CCc1ccc(S(=O)(=O)N(C)c2ccccn2)cc1. The van der Waals surface area contributed by atoms with Crippen LogP contribution in [0, 0.1) is 0 Å². The van der Waals surface area contributed by atoms with Crippen molar-refractivity contribution in [3.05, 3.63) is 54.2 Å². The molecule has 1 heterocycles. The van der Waals surface area contributed by atoms with E-state index in [-0.39, 0.29) is 4.90 Å². The molecule has 0 radical (unpaired) electrons. The molecule has 0 aliphatic heterocycles. The number of anilines is 1. The van der Waals surface area contributed by atoms with E-state index in [2.05, 4.69) is 4.98 Å². The summed E-state index contributed by atoms with van der Waals surface area (Å²) in [5.41, 5.74) is 1.11. The van der Waals surface area contributed by atoms with Crippen LogP contribution in [0.3, 0.4) is 0 Å². The number of nitrogens with zero attached hydrogens (tertiary/aromatic N) is 2. The molecule has 5 heteroatoms. The lowest BCUT2D eigenvalue weighted by Crippen LogP contribution is -2.27. The molecule has 0 aliphatic rings. The predicted octanol–water partition coefficient (Wildman–Crippen LogP) is 2.47. The maximum atomic E-state index is 12.4. The lowest BCUT2D eigenvalue weighted by atomic mass is 10.2. The Balaban J connectivity index is 2.36. The van der Waals surface area contributed by atoms with E-state index in [1.807, 2.05) is 19.1 Å². The molecule has 0 N–H and O–H groups in total. The fourth-order valence-electron chi connectivity index (χ4n) is 1.72. The third kappa shape index (κ3) is 2.76.